The van der Waals surface area contributed by atoms with Crippen LogP contribution in [0.1, 0.15) is 39.2 Å². The van der Waals surface area contributed by atoms with Gasteiger partial charge in [-0.05, 0) is 64.4 Å². The maximum atomic E-state index is 9.60. The molecule has 1 aliphatic heterocycles. The van der Waals surface area contributed by atoms with Crippen molar-refractivity contribution in [1.82, 2.24) is 10.6 Å². The van der Waals surface area contributed by atoms with Gasteiger partial charge in [0.1, 0.15) is 5.60 Å². The highest BCUT2D eigenvalue weighted by Crippen LogP contribution is 2.12. The standard InChI is InChI=1S/C12H17BrN2.C5H10O2/c13-11-3-1-2-10(8-11)9-15-12-4-6-14-7-5-12;1-5(2,3)7-4-6/h1-3,8,12,14-15H,4-7,9H2;4H,1-3H3. The molecule has 4 nitrogen and oxygen atoms in total. The van der Waals surface area contributed by atoms with Crippen LogP contribution in [0.2, 0.25) is 0 Å². The van der Waals surface area contributed by atoms with Crippen molar-refractivity contribution in [2.24, 2.45) is 0 Å². The SMILES string of the molecule is Brc1cccc(CNC2CCNCC2)c1.CC(C)(C)OC=O. The van der Waals surface area contributed by atoms with Crippen LogP contribution in [0.25, 0.3) is 0 Å². The molecule has 124 valence electrons. The molecule has 0 radical (unpaired) electrons. The van der Waals surface area contributed by atoms with E-state index in [1.54, 1.807) is 0 Å². The predicted octanol–water partition coefficient (Wildman–Crippen LogP) is 3.25. The van der Waals surface area contributed by atoms with Gasteiger partial charge in [0, 0.05) is 17.1 Å². The lowest BCUT2D eigenvalue weighted by Gasteiger charge is -2.23. The first-order chi connectivity index (χ1) is 10.4. The van der Waals surface area contributed by atoms with Crippen LogP contribution in [-0.4, -0.2) is 31.2 Å². The third-order valence-electron chi connectivity index (χ3n) is 3.22. The van der Waals surface area contributed by atoms with Crippen LogP contribution in [-0.2, 0) is 16.1 Å². The minimum Gasteiger partial charge on any atom is -0.462 e. The summed E-state index contributed by atoms with van der Waals surface area (Å²) in [5.41, 5.74) is 1.03. The predicted molar refractivity (Wildman–Crippen MR) is 93.8 cm³/mol. The van der Waals surface area contributed by atoms with Gasteiger partial charge in [0.25, 0.3) is 6.47 Å². The summed E-state index contributed by atoms with van der Waals surface area (Å²) in [7, 11) is 0. The fourth-order valence-electron chi connectivity index (χ4n) is 2.08. The van der Waals surface area contributed by atoms with Gasteiger partial charge in [-0.2, -0.15) is 0 Å². The molecule has 1 saturated heterocycles. The van der Waals surface area contributed by atoms with Gasteiger partial charge in [-0.1, -0.05) is 28.1 Å². The van der Waals surface area contributed by atoms with E-state index in [1.807, 2.05) is 20.8 Å². The van der Waals surface area contributed by atoms with Gasteiger partial charge in [-0.25, -0.2) is 0 Å². The Kier molecular flexibility index (Phi) is 8.68. The van der Waals surface area contributed by atoms with Gasteiger partial charge in [0.05, 0.1) is 0 Å². The van der Waals surface area contributed by atoms with Crippen molar-refractivity contribution in [3.63, 3.8) is 0 Å². The number of rotatable bonds is 4. The Morgan fingerprint density at radius 1 is 1.36 bits per heavy atom. The van der Waals surface area contributed by atoms with Crippen molar-refractivity contribution in [1.29, 1.82) is 0 Å². The van der Waals surface area contributed by atoms with E-state index in [4.69, 9.17) is 0 Å². The van der Waals surface area contributed by atoms with Gasteiger partial charge >= 0.3 is 0 Å². The topological polar surface area (TPSA) is 50.4 Å². The van der Waals surface area contributed by atoms with E-state index in [2.05, 4.69) is 55.6 Å². The van der Waals surface area contributed by atoms with Gasteiger partial charge in [0.2, 0.25) is 0 Å². The number of carbonyl (C=O) groups excluding carboxylic acids is 1. The number of benzene rings is 1. The maximum absolute atomic E-state index is 9.60. The van der Waals surface area contributed by atoms with Gasteiger partial charge < -0.3 is 15.4 Å². The third kappa shape index (κ3) is 9.18. The number of hydrogen-bond donors (Lipinski definition) is 2. The van der Waals surface area contributed by atoms with Crippen LogP contribution in [0.15, 0.2) is 28.7 Å². The summed E-state index contributed by atoms with van der Waals surface area (Å²) in [5.74, 6) is 0. The zero-order valence-electron chi connectivity index (χ0n) is 13.7. The summed E-state index contributed by atoms with van der Waals surface area (Å²) in [4.78, 5) is 9.60. The van der Waals surface area contributed by atoms with E-state index < -0.39 is 0 Å². The van der Waals surface area contributed by atoms with Crippen molar-refractivity contribution in [3.05, 3.63) is 34.3 Å². The molecule has 0 spiro atoms. The van der Waals surface area contributed by atoms with E-state index in [1.165, 1.54) is 18.4 Å². The number of ether oxygens (including phenoxy) is 1. The molecule has 1 fully saturated rings. The third-order valence-corrected chi connectivity index (χ3v) is 3.72. The second-order valence-corrected chi connectivity index (χ2v) is 7.28. The van der Waals surface area contributed by atoms with Crippen molar-refractivity contribution in [3.8, 4) is 0 Å². The zero-order chi connectivity index (χ0) is 16.4. The molecule has 0 amide bonds. The van der Waals surface area contributed by atoms with Gasteiger partial charge in [-0.15, -0.1) is 0 Å². The molecule has 0 saturated carbocycles. The molecule has 1 aromatic carbocycles. The normalized spacial score (nSPS) is 15.6. The van der Waals surface area contributed by atoms with Crippen LogP contribution < -0.4 is 10.6 Å². The fourth-order valence-corrected chi connectivity index (χ4v) is 2.53. The van der Waals surface area contributed by atoms with Crippen LogP contribution in [0.3, 0.4) is 0 Å². The Hall–Kier alpha value is -0.910. The van der Waals surface area contributed by atoms with Gasteiger partial charge in [-0.3, -0.25) is 4.79 Å². The average Bonchev–Trinajstić information content (AvgIpc) is 2.46. The number of piperidine rings is 1. The van der Waals surface area contributed by atoms with E-state index in [9.17, 15) is 4.79 Å². The first-order valence-corrected chi connectivity index (χ1v) is 8.50. The molecule has 0 aromatic heterocycles. The van der Waals surface area contributed by atoms with E-state index in [-0.39, 0.29) is 5.60 Å². The Morgan fingerprint density at radius 3 is 2.55 bits per heavy atom. The van der Waals surface area contributed by atoms with E-state index in [0.717, 1.165) is 24.1 Å². The summed E-state index contributed by atoms with van der Waals surface area (Å²) >= 11 is 3.49. The van der Waals surface area contributed by atoms with E-state index >= 15 is 0 Å². The Morgan fingerprint density at radius 2 is 2.05 bits per heavy atom. The molecule has 2 rings (SSSR count). The Balaban J connectivity index is 0.000000295. The molecule has 22 heavy (non-hydrogen) atoms. The molecule has 0 aliphatic carbocycles. The highest BCUT2D eigenvalue weighted by atomic mass is 79.9. The average molecular weight is 371 g/mol. The van der Waals surface area contributed by atoms with Crippen LogP contribution in [0.5, 0.6) is 0 Å². The molecular weight excluding hydrogens is 344 g/mol. The molecule has 0 atom stereocenters. The van der Waals surface area contributed by atoms with Crippen LogP contribution in [0, 0.1) is 0 Å². The zero-order valence-corrected chi connectivity index (χ0v) is 15.3. The first-order valence-electron chi connectivity index (χ1n) is 7.71. The molecule has 0 bridgehead atoms. The molecule has 5 heteroatoms. The lowest BCUT2D eigenvalue weighted by atomic mass is 10.1. The van der Waals surface area contributed by atoms with Crippen LogP contribution >= 0.6 is 15.9 Å². The highest BCUT2D eigenvalue weighted by Gasteiger charge is 2.11. The molecule has 2 N–H and O–H groups in total. The number of hydrogen-bond acceptors (Lipinski definition) is 4. The maximum Gasteiger partial charge on any atom is 0.293 e. The molecular formula is C17H27BrN2O2. The Bertz CT molecular complexity index is 441. The second-order valence-electron chi connectivity index (χ2n) is 6.36. The summed E-state index contributed by atoms with van der Waals surface area (Å²) in [6.07, 6.45) is 2.49. The van der Waals surface area contributed by atoms with Crippen molar-refractivity contribution >= 4 is 22.4 Å². The van der Waals surface area contributed by atoms with Crippen molar-refractivity contribution in [2.45, 2.75) is 51.8 Å². The summed E-state index contributed by atoms with van der Waals surface area (Å²) in [6.45, 7) is 9.20. The van der Waals surface area contributed by atoms with Crippen molar-refractivity contribution < 1.29 is 9.53 Å². The first kappa shape index (κ1) is 19.1. The van der Waals surface area contributed by atoms with Gasteiger partial charge in [0.15, 0.2) is 0 Å². The second kappa shape index (κ2) is 9.98. The Labute approximate surface area is 142 Å². The fraction of sp³-hybridized carbons (Fsp3) is 0.588. The highest BCUT2D eigenvalue weighted by molar-refractivity contribution is 9.10. The summed E-state index contributed by atoms with van der Waals surface area (Å²) < 4.78 is 5.71. The lowest BCUT2D eigenvalue weighted by Crippen LogP contribution is -2.39. The molecule has 1 aliphatic rings. The van der Waals surface area contributed by atoms with Crippen LogP contribution in [0.4, 0.5) is 0 Å². The summed E-state index contributed by atoms with van der Waals surface area (Å²) in [5, 5.41) is 6.98. The smallest absolute Gasteiger partial charge is 0.293 e. The van der Waals surface area contributed by atoms with Crippen molar-refractivity contribution in [2.75, 3.05) is 13.1 Å². The minimum atomic E-state index is -0.318. The lowest BCUT2D eigenvalue weighted by molar-refractivity contribution is -0.138. The quantitative estimate of drug-likeness (QED) is 0.798. The summed E-state index contributed by atoms with van der Waals surface area (Å²) in [6, 6.07) is 9.18. The number of halogens is 1. The van der Waals surface area contributed by atoms with E-state index in [0.29, 0.717) is 12.5 Å². The number of carbonyl (C=O) groups is 1. The largest absolute Gasteiger partial charge is 0.462 e. The minimum absolute atomic E-state index is 0.318. The molecule has 1 heterocycles. The molecule has 1 aromatic rings. The monoisotopic (exact) mass is 370 g/mol. The molecule has 0 unspecified atom stereocenters. The number of nitrogens with one attached hydrogen (secondary N) is 2.